The van der Waals surface area contributed by atoms with Crippen LogP contribution >= 0.6 is 0 Å². The van der Waals surface area contributed by atoms with Gasteiger partial charge >= 0.3 is 0 Å². The zero-order valence-electron chi connectivity index (χ0n) is 18.0. The average Bonchev–Trinajstić information content (AvgIpc) is 2.80. The van der Waals surface area contributed by atoms with Gasteiger partial charge in [-0.15, -0.1) is 0 Å². The smallest absolute Gasteiger partial charge is 0.263 e. The number of likely N-dealkylation sites (N-methyl/N-ethyl adjacent to an activating group) is 1. The van der Waals surface area contributed by atoms with E-state index < -0.39 is 10.0 Å². The zero-order chi connectivity index (χ0) is 21.8. The number of hydrogen-bond donors (Lipinski definition) is 0. The van der Waals surface area contributed by atoms with Gasteiger partial charge in [0, 0.05) is 37.9 Å². The Morgan fingerprint density at radius 2 is 1.71 bits per heavy atom. The summed E-state index contributed by atoms with van der Waals surface area (Å²) in [4.78, 5) is 20.4. The fraction of sp³-hybridized carbons (Fsp3) is 0.478. The van der Waals surface area contributed by atoms with Crippen LogP contribution in [0.15, 0.2) is 58.5 Å². The van der Waals surface area contributed by atoms with Gasteiger partial charge in [0.25, 0.3) is 5.91 Å². The molecule has 0 amide bonds. The predicted octanol–water partition coefficient (Wildman–Crippen LogP) is 2.35. The lowest BCUT2D eigenvalue weighted by Gasteiger charge is -2.31. The van der Waals surface area contributed by atoms with E-state index >= 15 is 0 Å². The molecule has 4 rings (SSSR count). The highest BCUT2D eigenvalue weighted by Crippen LogP contribution is 2.20. The number of piperazine rings is 1. The largest absolute Gasteiger partial charge is 0.304 e. The molecular weight excluding hydrogens is 412 g/mol. The number of hydrogen-bond acceptors (Lipinski definition) is 5. The van der Waals surface area contributed by atoms with Crippen molar-refractivity contribution < 1.29 is 13.2 Å². The summed E-state index contributed by atoms with van der Waals surface area (Å²) in [6, 6.07) is 12.1. The lowest BCUT2D eigenvalue weighted by atomic mass is 9.96. The maximum Gasteiger partial charge on any atom is 0.263 e. The van der Waals surface area contributed by atoms with E-state index in [9.17, 15) is 13.2 Å². The normalized spacial score (nSPS) is 20.1. The van der Waals surface area contributed by atoms with E-state index in [1.807, 2.05) is 19.2 Å². The van der Waals surface area contributed by atoms with Crippen LogP contribution in [0.2, 0.25) is 0 Å². The molecule has 1 aromatic carbocycles. The van der Waals surface area contributed by atoms with Crippen molar-refractivity contribution in [2.75, 3.05) is 33.2 Å². The Hall–Kier alpha value is -2.29. The summed E-state index contributed by atoms with van der Waals surface area (Å²) in [5.74, 6) is -0.273. The molecule has 8 heteroatoms. The van der Waals surface area contributed by atoms with Gasteiger partial charge in [0.05, 0.1) is 10.9 Å². The topological polar surface area (TPSA) is 75.0 Å². The fourth-order valence-electron chi connectivity index (χ4n) is 4.21. The van der Waals surface area contributed by atoms with Crippen LogP contribution < -0.4 is 5.49 Å². The summed E-state index contributed by atoms with van der Waals surface area (Å²) in [5.41, 5.74) is 0.957. The number of carbonyl (C=O) groups excluding carboxylic acids is 1. The number of carbonyl (C=O) groups is 1. The van der Waals surface area contributed by atoms with Gasteiger partial charge < -0.3 is 4.90 Å². The molecule has 2 aromatic rings. The van der Waals surface area contributed by atoms with Crippen LogP contribution in [0.1, 0.15) is 42.5 Å². The first-order valence-corrected chi connectivity index (χ1v) is 12.4. The van der Waals surface area contributed by atoms with Crippen LogP contribution in [0.4, 0.5) is 0 Å². The van der Waals surface area contributed by atoms with Crippen molar-refractivity contribution in [2.45, 2.75) is 43.0 Å². The van der Waals surface area contributed by atoms with Crippen LogP contribution in [-0.4, -0.2) is 67.4 Å². The Labute approximate surface area is 184 Å². The maximum atomic E-state index is 13.3. The molecule has 1 saturated carbocycles. The first-order valence-electron chi connectivity index (χ1n) is 11.0. The van der Waals surface area contributed by atoms with Crippen molar-refractivity contribution >= 4 is 15.9 Å². The first-order chi connectivity index (χ1) is 14.9. The van der Waals surface area contributed by atoms with Gasteiger partial charge in [-0.25, -0.2) is 8.42 Å². The molecular formula is C23H30N4O3S. The van der Waals surface area contributed by atoms with E-state index in [1.54, 1.807) is 30.5 Å². The number of benzene rings is 1. The van der Waals surface area contributed by atoms with E-state index in [0.717, 1.165) is 12.8 Å². The van der Waals surface area contributed by atoms with Crippen molar-refractivity contribution in [1.82, 2.24) is 13.8 Å². The van der Waals surface area contributed by atoms with E-state index in [2.05, 4.69) is 4.90 Å². The molecule has 1 aromatic heterocycles. The molecule has 2 heterocycles. The predicted molar refractivity (Wildman–Crippen MR) is 119 cm³/mol. The highest BCUT2D eigenvalue weighted by atomic mass is 32.2. The molecule has 7 nitrogen and oxygen atoms in total. The minimum atomic E-state index is -3.63. The number of sulfonamides is 1. The van der Waals surface area contributed by atoms with Crippen molar-refractivity contribution in [2.24, 2.45) is 4.99 Å². The number of nitrogens with zero attached hydrogens (tertiary/aromatic N) is 4. The third-order valence-corrected chi connectivity index (χ3v) is 8.02. The van der Waals surface area contributed by atoms with Gasteiger partial charge in [0.15, 0.2) is 0 Å². The summed E-state index contributed by atoms with van der Waals surface area (Å²) >= 11 is 0. The zero-order valence-corrected chi connectivity index (χ0v) is 18.8. The SMILES string of the molecule is CN1CCN(S(=O)(=O)c2cccc(C(=O)n3ccccc3=NC3CCCCC3)c2)CC1. The quantitative estimate of drug-likeness (QED) is 0.729. The Balaban J connectivity index is 1.63. The maximum absolute atomic E-state index is 13.3. The molecule has 0 unspecified atom stereocenters. The second-order valence-corrected chi connectivity index (χ2v) is 10.3. The average molecular weight is 443 g/mol. The van der Waals surface area contributed by atoms with E-state index in [1.165, 1.54) is 34.2 Å². The monoisotopic (exact) mass is 442 g/mol. The molecule has 0 atom stereocenters. The Kier molecular flexibility index (Phi) is 6.69. The van der Waals surface area contributed by atoms with E-state index in [-0.39, 0.29) is 16.8 Å². The molecule has 2 aliphatic rings. The van der Waals surface area contributed by atoms with Gasteiger partial charge in [-0.3, -0.25) is 14.4 Å². The van der Waals surface area contributed by atoms with Crippen molar-refractivity contribution in [3.8, 4) is 0 Å². The van der Waals surface area contributed by atoms with E-state index in [4.69, 9.17) is 4.99 Å². The van der Waals surface area contributed by atoms with Crippen LogP contribution in [0.3, 0.4) is 0 Å². The van der Waals surface area contributed by atoms with Crippen molar-refractivity contribution in [3.05, 3.63) is 59.7 Å². The summed E-state index contributed by atoms with van der Waals surface area (Å²) in [6.45, 7) is 2.30. The second-order valence-electron chi connectivity index (χ2n) is 8.39. The number of pyridine rings is 1. The third kappa shape index (κ3) is 4.97. The lowest BCUT2D eigenvalue weighted by Crippen LogP contribution is -2.47. The molecule has 0 bridgehead atoms. The van der Waals surface area contributed by atoms with Crippen molar-refractivity contribution in [1.29, 1.82) is 0 Å². The highest BCUT2D eigenvalue weighted by Gasteiger charge is 2.28. The molecule has 0 radical (unpaired) electrons. The summed E-state index contributed by atoms with van der Waals surface area (Å²) < 4.78 is 29.2. The standard InChI is InChI=1S/C23H30N4O3S/c1-25-14-16-26(17-15-25)31(29,30)21-11-7-8-19(18-21)23(28)27-13-6-5-12-22(27)24-20-9-3-2-4-10-20/h5-8,11-13,18,20H,2-4,9-10,14-17H2,1H3. The molecule has 31 heavy (non-hydrogen) atoms. The van der Waals surface area contributed by atoms with Gasteiger partial charge in [-0.1, -0.05) is 31.4 Å². The summed E-state index contributed by atoms with van der Waals surface area (Å²) in [5, 5.41) is 0. The third-order valence-electron chi connectivity index (χ3n) is 6.13. The molecule has 0 N–H and O–H groups in total. The molecule has 1 saturated heterocycles. The minimum Gasteiger partial charge on any atom is -0.304 e. The van der Waals surface area contributed by atoms with Gasteiger partial charge in [0.2, 0.25) is 10.0 Å². The number of aromatic nitrogens is 1. The van der Waals surface area contributed by atoms with Crippen LogP contribution in [0.25, 0.3) is 0 Å². The first kappa shape index (κ1) is 21.9. The Morgan fingerprint density at radius 1 is 0.968 bits per heavy atom. The minimum absolute atomic E-state index is 0.158. The summed E-state index contributed by atoms with van der Waals surface area (Å²) in [6.07, 6.45) is 7.37. The Bertz CT molecular complexity index is 1100. The summed E-state index contributed by atoms with van der Waals surface area (Å²) in [7, 11) is -1.65. The molecule has 2 fully saturated rings. The van der Waals surface area contributed by atoms with Crippen LogP contribution in [0, 0.1) is 0 Å². The van der Waals surface area contributed by atoms with E-state index in [0.29, 0.717) is 37.2 Å². The van der Waals surface area contributed by atoms with Gasteiger partial charge in [-0.2, -0.15) is 4.31 Å². The van der Waals surface area contributed by atoms with Gasteiger partial charge in [-0.05, 0) is 50.2 Å². The van der Waals surface area contributed by atoms with Crippen LogP contribution in [-0.2, 0) is 10.0 Å². The van der Waals surface area contributed by atoms with Crippen LogP contribution in [0.5, 0.6) is 0 Å². The number of rotatable bonds is 4. The lowest BCUT2D eigenvalue weighted by molar-refractivity contribution is 0.0954. The van der Waals surface area contributed by atoms with Gasteiger partial charge in [0.1, 0.15) is 5.49 Å². The van der Waals surface area contributed by atoms with Crippen molar-refractivity contribution in [3.63, 3.8) is 0 Å². The highest BCUT2D eigenvalue weighted by molar-refractivity contribution is 7.89. The Morgan fingerprint density at radius 3 is 2.45 bits per heavy atom. The molecule has 1 aliphatic heterocycles. The fourth-order valence-corrected chi connectivity index (χ4v) is 5.68. The molecule has 1 aliphatic carbocycles. The molecule has 166 valence electrons. The second kappa shape index (κ2) is 9.46. The molecule has 0 spiro atoms.